The molecule has 182 valence electrons. The molecule has 0 saturated carbocycles. The van der Waals surface area contributed by atoms with Crippen molar-refractivity contribution in [3.05, 3.63) is 16.0 Å². The van der Waals surface area contributed by atoms with Gasteiger partial charge in [-0.3, -0.25) is 14.5 Å². The Bertz CT molecular complexity index is 867. The number of nitrogens with one attached hydrogen (secondary N) is 1. The number of likely N-dealkylation sites (tertiary alicyclic amines) is 2. The summed E-state index contributed by atoms with van der Waals surface area (Å²) in [7, 11) is 1.39. The second kappa shape index (κ2) is 11.0. The summed E-state index contributed by atoms with van der Waals surface area (Å²) >= 11 is 1.52. The molecule has 0 radical (unpaired) electrons. The van der Waals surface area contributed by atoms with Crippen molar-refractivity contribution in [3.63, 3.8) is 0 Å². The van der Waals surface area contributed by atoms with Gasteiger partial charge in [-0.25, -0.2) is 4.79 Å². The third kappa shape index (κ3) is 5.77. The van der Waals surface area contributed by atoms with Gasteiger partial charge in [0.15, 0.2) is 0 Å². The molecule has 0 spiro atoms. The SMILES string of the molecule is COC(=O)c1c(NC(=O)CN2CCC(C(=O)N3CCCCCC3)CC2)sc2c1CCC(C)C2. The molecule has 1 atom stereocenters. The maximum absolute atomic E-state index is 12.9. The van der Waals surface area contributed by atoms with E-state index in [2.05, 4.69) is 22.0 Å². The van der Waals surface area contributed by atoms with Crippen LogP contribution in [-0.2, 0) is 27.2 Å². The number of hydrogen-bond donors (Lipinski definition) is 1. The molecular formula is C25H37N3O4S. The minimum absolute atomic E-state index is 0.0827. The molecule has 0 bridgehead atoms. The standard InChI is InChI=1S/C25H37N3O4S/c1-17-7-8-19-20(15-17)33-23(22(19)25(31)32-2)26-21(29)16-27-13-9-18(10-14-27)24(30)28-11-5-3-4-6-12-28/h17-18H,3-16H2,1-2H3,(H,26,29). The van der Waals surface area contributed by atoms with E-state index >= 15 is 0 Å². The Morgan fingerprint density at radius 1 is 1.03 bits per heavy atom. The highest BCUT2D eigenvalue weighted by atomic mass is 32.1. The van der Waals surface area contributed by atoms with Crippen molar-refractivity contribution in [2.75, 3.05) is 45.2 Å². The van der Waals surface area contributed by atoms with Crippen molar-refractivity contribution in [1.82, 2.24) is 9.80 Å². The molecule has 33 heavy (non-hydrogen) atoms. The van der Waals surface area contributed by atoms with Gasteiger partial charge in [0.25, 0.3) is 0 Å². The smallest absolute Gasteiger partial charge is 0.341 e. The first kappa shape index (κ1) is 24.2. The second-order valence-electron chi connectivity index (χ2n) is 9.89. The van der Waals surface area contributed by atoms with Crippen LogP contribution >= 0.6 is 11.3 Å². The molecule has 1 aromatic rings. The molecule has 7 nitrogen and oxygen atoms in total. The third-order valence-corrected chi connectivity index (χ3v) is 8.55. The lowest BCUT2D eigenvalue weighted by molar-refractivity contribution is -0.137. The maximum atomic E-state index is 12.9. The van der Waals surface area contributed by atoms with Crippen LogP contribution in [0.1, 0.15) is 72.7 Å². The van der Waals surface area contributed by atoms with Crippen molar-refractivity contribution >= 4 is 34.1 Å². The van der Waals surface area contributed by atoms with Gasteiger partial charge in [-0.15, -0.1) is 11.3 Å². The number of thiophene rings is 1. The van der Waals surface area contributed by atoms with Crippen molar-refractivity contribution < 1.29 is 19.1 Å². The lowest BCUT2D eigenvalue weighted by atomic mass is 9.88. The van der Waals surface area contributed by atoms with Crippen LogP contribution in [0.25, 0.3) is 0 Å². The summed E-state index contributed by atoms with van der Waals surface area (Å²) in [5.41, 5.74) is 1.59. The van der Waals surface area contributed by atoms with Crippen LogP contribution in [0.15, 0.2) is 0 Å². The first-order valence-electron chi connectivity index (χ1n) is 12.5. The summed E-state index contributed by atoms with van der Waals surface area (Å²) in [5, 5.41) is 3.62. The van der Waals surface area contributed by atoms with E-state index < -0.39 is 0 Å². The number of amides is 2. The number of anilines is 1. The molecular weight excluding hydrogens is 438 g/mol. The molecule has 1 N–H and O–H groups in total. The van der Waals surface area contributed by atoms with Crippen LogP contribution in [0.4, 0.5) is 5.00 Å². The van der Waals surface area contributed by atoms with Gasteiger partial charge < -0.3 is 15.0 Å². The Balaban J connectivity index is 1.32. The van der Waals surface area contributed by atoms with Gasteiger partial charge >= 0.3 is 5.97 Å². The summed E-state index contributed by atoms with van der Waals surface area (Å²) in [6.07, 6.45) is 9.13. The third-order valence-electron chi connectivity index (χ3n) is 7.38. The Hall–Kier alpha value is -1.93. The zero-order chi connectivity index (χ0) is 23.4. The molecule has 2 aliphatic heterocycles. The van der Waals surface area contributed by atoms with Crippen LogP contribution in [0.3, 0.4) is 0 Å². The predicted octanol–water partition coefficient (Wildman–Crippen LogP) is 3.71. The Morgan fingerprint density at radius 2 is 1.73 bits per heavy atom. The van der Waals surface area contributed by atoms with E-state index in [1.54, 1.807) is 0 Å². The normalized spacial score (nSPS) is 22.4. The first-order valence-corrected chi connectivity index (χ1v) is 13.3. The van der Waals surface area contributed by atoms with Gasteiger partial charge in [0, 0.05) is 23.9 Å². The number of carbonyl (C=O) groups is 3. The molecule has 1 aliphatic carbocycles. The van der Waals surface area contributed by atoms with Crippen molar-refractivity contribution in [2.45, 2.75) is 64.7 Å². The van der Waals surface area contributed by atoms with E-state index in [1.165, 1.54) is 36.2 Å². The second-order valence-corrected chi connectivity index (χ2v) is 11.0. The lowest BCUT2D eigenvalue weighted by Gasteiger charge is -2.33. The summed E-state index contributed by atoms with van der Waals surface area (Å²) in [5.74, 6) is 0.499. The average molecular weight is 476 g/mol. The van der Waals surface area contributed by atoms with Crippen molar-refractivity contribution in [1.29, 1.82) is 0 Å². The molecule has 3 aliphatic rings. The molecule has 2 fully saturated rings. The molecule has 8 heteroatoms. The number of ether oxygens (including phenoxy) is 1. The number of rotatable bonds is 5. The van der Waals surface area contributed by atoms with Crippen LogP contribution in [0.5, 0.6) is 0 Å². The van der Waals surface area contributed by atoms with Gasteiger partial charge in [-0.1, -0.05) is 19.8 Å². The highest BCUT2D eigenvalue weighted by molar-refractivity contribution is 7.17. The molecule has 4 rings (SSSR count). The Morgan fingerprint density at radius 3 is 2.39 bits per heavy atom. The number of nitrogens with zero attached hydrogens (tertiary/aromatic N) is 2. The lowest BCUT2D eigenvalue weighted by Crippen LogP contribution is -2.44. The number of esters is 1. The van der Waals surface area contributed by atoms with Crippen molar-refractivity contribution in [2.24, 2.45) is 11.8 Å². The first-order chi connectivity index (χ1) is 16.0. The fourth-order valence-corrected chi connectivity index (χ4v) is 6.83. The Kier molecular flexibility index (Phi) is 8.07. The van der Waals surface area contributed by atoms with Crippen LogP contribution in [-0.4, -0.2) is 67.4 Å². The minimum atomic E-state index is -0.370. The van der Waals surface area contributed by atoms with Gasteiger partial charge in [0.2, 0.25) is 11.8 Å². The summed E-state index contributed by atoms with van der Waals surface area (Å²) in [6.45, 7) is 5.80. The summed E-state index contributed by atoms with van der Waals surface area (Å²) < 4.78 is 5.02. The molecule has 1 unspecified atom stereocenters. The van der Waals surface area contributed by atoms with Gasteiger partial charge in [0.1, 0.15) is 5.00 Å². The molecule has 0 aromatic carbocycles. The molecule has 3 heterocycles. The fourth-order valence-electron chi connectivity index (χ4n) is 5.41. The summed E-state index contributed by atoms with van der Waals surface area (Å²) in [6, 6.07) is 0. The number of methoxy groups -OCH3 is 1. The van der Waals surface area contributed by atoms with Crippen LogP contribution < -0.4 is 5.32 Å². The molecule has 2 amide bonds. The largest absolute Gasteiger partial charge is 0.465 e. The van der Waals surface area contributed by atoms with Gasteiger partial charge in [-0.05, 0) is 69.5 Å². The van der Waals surface area contributed by atoms with E-state index in [-0.39, 0.29) is 24.3 Å². The summed E-state index contributed by atoms with van der Waals surface area (Å²) in [4.78, 5) is 43.6. The van der Waals surface area contributed by atoms with Crippen LogP contribution in [0.2, 0.25) is 0 Å². The number of hydrogen-bond acceptors (Lipinski definition) is 6. The van der Waals surface area contributed by atoms with Crippen LogP contribution in [0, 0.1) is 11.8 Å². The van der Waals surface area contributed by atoms with E-state index in [9.17, 15) is 14.4 Å². The van der Waals surface area contributed by atoms with E-state index in [0.717, 1.165) is 76.7 Å². The number of fused-ring (bicyclic) bond motifs is 1. The monoisotopic (exact) mass is 475 g/mol. The van der Waals surface area contributed by atoms with E-state index in [1.807, 2.05) is 0 Å². The average Bonchev–Trinajstić information content (AvgIpc) is 2.97. The zero-order valence-electron chi connectivity index (χ0n) is 20.0. The Labute approximate surface area is 200 Å². The fraction of sp³-hybridized carbons (Fsp3) is 0.720. The molecule has 2 saturated heterocycles. The predicted molar refractivity (Wildman–Crippen MR) is 130 cm³/mol. The van der Waals surface area contributed by atoms with Gasteiger partial charge in [0.05, 0.1) is 19.2 Å². The highest BCUT2D eigenvalue weighted by Crippen LogP contribution is 2.40. The zero-order valence-corrected chi connectivity index (χ0v) is 20.8. The highest BCUT2D eigenvalue weighted by Gasteiger charge is 2.31. The quantitative estimate of drug-likeness (QED) is 0.657. The maximum Gasteiger partial charge on any atom is 0.341 e. The van der Waals surface area contributed by atoms with E-state index in [4.69, 9.17) is 4.74 Å². The number of carbonyl (C=O) groups excluding carboxylic acids is 3. The van der Waals surface area contributed by atoms with Gasteiger partial charge in [-0.2, -0.15) is 0 Å². The van der Waals surface area contributed by atoms with E-state index in [0.29, 0.717) is 22.4 Å². The topological polar surface area (TPSA) is 79.0 Å². The van der Waals surface area contributed by atoms with Crippen molar-refractivity contribution in [3.8, 4) is 0 Å². The number of piperidine rings is 1. The minimum Gasteiger partial charge on any atom is -0.465 e. The molecule has 1 aromatic heterocycles.